The van der Waals surface area contributed by atoms with Crippen LogP contribution in [0.5, 0.6) is 5.75 Å². The molecule has 0 unspecified atom stereocenters. The van der Waals surface area contributed by atoms with Gasteiger partial charge >= 0.3 is 0 Å². The number of sulfonamides is 1. The highest BCUT2D eigenvalue weighted by molar-refractivity contribution is 7.89. The first-order valence-corrected chi connectivity index (χ1v) is 6.75. The average molecular weight is 264 g/mol. The number of primary sulfonamides is 1. The Balaban J connectivity index is 2.03. The summed E-state index contributed by atoms with van der Waals surface area (Å²) in [7, 11) is -3.65. The summed E-state index contributed by atoms with van der Waals surface area (Å²) in [5, 5.41) is 4.99. The maximum atomic E-state index is 11.1. The third kappa shape index (κ3) is 3.28. The highest BCUT2D eigenvalue weighted by Crippen LogP contribution is 2.16. The third-order valence-electron chi connectivity index (χ3n) is 2.28. The number of aromatic nitrogens is 1. The molecule has 1 aromatic carbocycles. The lowest BCUT2D eigenvalue weighted by Gasteiger charge is -2.06. The van der Waals surface area contributed by atoms with E-state index in [4.69, 9.17) is 9.88 Å². The van der Waals surface area contributed by atoms with Gasteiger partial charge in [0, 0.05) is 18.0 Å². The quantitative estimate of drug-likeness (QED) is 0.902. The number of benzene rings is 1. The lowest BCUT2D eigenvalue weighted by atomic mass is 10.3. The van der Waals surface area contributed by atoms with Crippen LogP contribution in [-0.4, -0.2) is 13.4 Å². The Labute approximate surface area is 105 Å². The number of rotatable bonds is 4. The first-order valence-electron chi connectivity index (χ1n) is 5.20. The summed E-state index contributed by atoms with van der Waals surface area (Å²) in [6.45, 7) is 0.378. The van der Waals surface area contributed by atoms with Crippen molar-refractivity contribution in [2.24, 2.45) is 5.14 Å². The van der Waals surface area contributed by atoms with Crippen LogP contribution < -0.4 is 9.88 Å². The summed E-state index contributed by atoms with van der Waals surface area (Å²) in [5.41, 5.74) is 0.938. The zero-order valence-corrected chi connectivity index (χ0v) is 10.3. The second kappa shape index (κ2) is 5.16. The van der Waals surface area contributed by atoms with Crippen molar-refractivity contribution < 1.29 is 13.2 Å². The van der Waals surface area contributed by atoms with E-state index in [2.05, 4.69) is 4.98 Å². The smallest absolute Gasteiger partial charge is 0.238 e. The van der Waals surface area contributed by atoms with Crippen LogP contribution in [0.3, 0.4) is 0 Å². The van der Waals surface area contributed by atoms with Crippen LogP contribution in [0.1, 0.15) is 5.56 Å². The number of ether oxygens (including phenoxy) is 1. The number of pyridine rings is 1. The first-order chi connectivity index (χ1) is 8.55. The van der Waals surface area contributed by atoms with Crippen molar-refractivity contribution in [2.75, 3.05) is 0 Å². The maximum Gasteiger partial charge on any atom is 0.238 e. The van der Waals surface area contributed by atoms with Crippen molar-refractivity contribution in [1.82, 2.24) is 4.98 Å². The van der Waals surface area contributed by atoms with Gasteiger partial charge in [-0.1, -0.05) is 6.07 Å². The molecule has 0 saturated heterocycles. The van der Waals surface area contributed by atoms with Crippen LogP contribution in [-0.2, 0) is 16.6 Å². The van der Waals surface area contributed by atoms with Crippen molar-refractivity contribution in [1.29, 1.82) is 0 Å². The van der Waals surface area contributed by atoms with Crippen molar-refractivity contribution >= 4 is 10.0 Å². The van der Waals surface area contributed by atoms with Gasteiger partial charge in [-0.2, -0.15) is 0 Å². The van der Waals surface area contributed by atoms with Gasteiger partial charge in [-0.3, -0.25) is 4.98 Å². The fraction of sp³-hybridized carbons (Fsp3) is 0.0833. The molecule has 2 rings (SSSR count). The summed E-state index contributed by atoms with van der Waals surface area (Å²) in [6, 6.07) is 9.67. The summed E-state index contributed by atoms with van der Waals surface area (Å²) < 4.78 is 27.6. The molecule has 0 saturated carbocycles. The molecule has 1 aromatic heterocycles. The zero-order valence-electron chi connectivity index (χ0n) is 9.48. The van der Waals surface area contributed by atoms with E-state index >= 15 is 0 Å². The van der Waals surface area contributed by atoms with Gasteiger partial charge in [0.05, 0.1) is 4.90 Å². The minimum absolute atomic E-state index is 0.0660. The van der Waals surface area contributed by atoms with Crippen molar-refractivity contribution in [3.63, 3.8) is 0 Å². The van der Waals surface area contributed by atoms with Crippen LogP contribution in [0.15, 0.2) is 53.7 Å². The molecule has 18 heavy (non-hydrogen) atoms. The fourth-order valence-corrected chi connectivity index (χ4v) is 1.89. The Kier molecular flexibility index (Phi) is 3.59. The number of nitrogens with zero attached hydrogens (tertiary/aromatic N) is 1. The lowest BCUT2D eigenvalue weighted by molar-refractivity contribution is 0.305. The standard InChI is InChI=1S/C12H12N2O3S/c13-18(15,16)12-5-3-11(4-6-12)17-9-10-2-1-7-14-8-10/h1-8H,9H2,(H2,13,15,16). The van der Waals surface area contributed by atoms with E-state index < -0.39 is 10.0 Å². The predicted octanol–water partition coefficient (Wildman–Crippen LogP) is 1.31. The number of hydrogen-bond donors (Lipinski definition) is 1. The number of hydrogen-bond acceptors (Lipinski definition) is 4. The highest BCUT2D eigenvalue weighted by atomic mass is 32.2. The molecule has 0 atom stereocenters. The largest absolute Gasteiger partial charge is 0.489 e. The van der Waals surface area contributed by atoms with E-state index in [0.717, 1.165) is 5.56 Å². The van der Waals surface area contributed by atoms with Gasteiger partial charge in [0.1, 0.15) is 12.4 Å². The Morgan fingerprint density at radius 3 is 2.44 bits per heavy atom. The minimum atomic E-state index is -3.65. The van der Waals surface area contributed by atoms with Crippen molar-refractivity contribution in [3.8, 4) is 5.75 Å². The van der Waals surface area contributed by atoms with Crippen molar-refractivity contribution in [2.45, 2.75) is 11.5 Å². The normalized spacial score (nSPS) is 11.2. The van der Waals surface area contributed by atoms with E-state index in [-0.39, 0.29) is 4.90 Å². The van der Waals surface area contributed by atoms with E-state index in [1.54, 1.807) is 24.5 Å². The van der Waals surface area contributed by atoms with Gasteiger partial charge in [0.2, 0.25) is 10.0 Å². The average Bonchev–Trinajstić information content (AvgIpc) is 2.37. The third-order valence-corrected chi connectivity index (χ3v) is 3.21. The molecule has 0 aliphatic carbocycles. The summed E-state index contributed by atoms with van der Waals surface area (Å²) >= 11 is 0. The molecule has 2 N–H and O–H groups in total. The molecular weight excluding hydrogens is 252 g/mol. The predicted molar refractivity (Wildman–Crippen MR) is 66.4 cm³/mol. The molecule has 0 spiro atoms. The lowest BCUT2D eigenvalue weighted by Crippen LogP contribution is -2.11. The Bertz CT molecular complexity index is 610. The second-order valence-corrected chi connectivity index (χ2v) is 5.23. The first kappa shape index (κ1) is 12.5. The zero-order chi connectivity index (χ0) is 13.0. The van der Waals surface area contributed by atoms with Crippen molar-refractivity contribution in [3.05, 3.63) is 54.4 Å². The molecule has 0 amide bonds. The summed E-state index contributed by atoms with van der Waals surface area (Å²) in [5.74, 6) is 0.575. The Morgan fingerprint density at radius 1 is 1.17 bits per heavy atom. The van der Waals surface area contributed by atoms with Gasteiger partial charge in [0.15, 0.2) is 0 Å². The van der Waals surface area contributed by atoms with E-state index in [1.165, 1.54) is 12.1 Å². The van der Waals surface area contributed by atoms with E-state index in [1.807, 2.05) is 12.1 Å². The fourth-order valence-electron chi connectivity index (χ4n) is 1.38. The van der Waals surface area contributed by atoms with Crippen LogP contribution in [0.25, 0.3) is 0 Å². The van der Waals surface area contributed by atoms with E-state index in [0.29, 0.717) is 12.4 Å². The van der Waals surface area contributed by atoms with Crippen LogP contribution in [0.4, 0.5) is 0 Å². The maximum absolute atomic E-state index is 11.1. The van der Waals surface area contributed by atoms with Crippen LogP contribution in [0.2, 0.25) is 0 Å². The topological polar surface area (TPSA) is 82.3 Å². The molecule has 0 fully saturated rings. The van der Waals surface area contributed by atoms with Gasteiger partial charge < -0.3 is 4.74 Å². The Morgan fingerprint density at radius 2 is 1.89 bits per heavy atom. The molecule has 0 bridgehead atoms. The van der Waals surface area contributed by atoms with Gasteiger partial charge in [-0.15, -0.1) is 0 Å². The van der Waals surface area contributed by atoms with Crippen LogP contribution in [0, 0.1) is 0 Å². The summed E-state index contributed by atoms with van der Waals surface area (Å²) in [6.07, 6.45) is 3.39. The van der Waals surface area contributed by atoms with Crippen LogP contribution >= 0.6 is 0 Å². The summed E-state index contributed by atoms with van der Waals surface area (Å²) in [4.78, 5) is 4.03. The minimum Gasteiger partial charge on any atom is -0.489 e. The number of nitrogens with two attached hydrogens (primary N) is 1. The van der Waals surface area contributed by atoms with E-state index in [9.17, 15) is 8.42 Å². The SMILES string of the molecule is NS(=O)(=O)c1ccc(OCc2cccnc2)cc1. The Hall–Kier alpha value is -1.92. The molecule has 0 aliphatic heterocycles. The molecule has 2 aromatic rings. The molecule has 1 heterocycles. The van der Waals surface area contributed by atoms with Gasteiger partial charge in [-0.05, 0) is 30.3 Å². The molecule has 5 nitrogen and oxygen atoms in total. The molecular formula is C12H12N2O3S. The molecule has 0 aliphatic rings. The molecule has 0 radical (unpaired) electrons. The second-order valence-electron chi connectivity index (χ2n) is 3.67. The molecule has 94 valence electrons. The van der Waals surface area contributed by atoms with Gasteiger partial charge in [0.25, 0.3) is 0 Å². The molecule has 6 heteroatoms. The highest BCUT2D eigenvalue weighted by Gasteiger charge is 2.06. The van der Waals surface area contributed by atoms with Gasteiger partial charge in [-0.25, -0.2) is 13.6 Å². The monoisotopic (exact) mass is 264 g/mol.